The van der Waals surface area contributed by atoms with Crippen molar-refractivity contribution in [3.8, 4) is 0 Å². The van der Waals surface area contributed by atoms with Crippen LogP contribution in [0.4, 0.5) is 0 Å². The van der Waals surface area contributed by atoms with Crippen molar-refractivity contribution in [1.82, 2.24) is 0 Å². The Morgan fingerprint density at radius 3 is 2.69 bits per heavy atom. The highest BCUT2D eigenvalue weighted by Crippen LogP contribution is 2.21. The van der Waals surface area contributed by atoms with Crippen molar-refractivity contribution in [2.24, 2.45) is 0 Å². The second kappa shape index (κ2) is 4.43. The second-order valence-corrected chi connectivity index (χ2v) is 3.49. The van der Waals surface area contributed by atoms with E-state index in [0.717, 1.165) is 18.4 Å². The van der Waals surface area contributed by atoms with Crippen LogP contribution in [-0.4, -0.2) is 5.78 Å². The molecule has 0 unspecified atom stereocenters. The van der Waals surface area contributed by atoms with Gasteiger partial charge in [0, 0.05) is 5.56 Å². The van der Waals surface area contributed by atoms with Crippen LogP contribution in [0.5, 0.6) is 0 Å². The lowest BCUT2D eigenvalue weighted by molar-refractivity contribution is 0.101. The summed E-state index contributed by atoms with van der Waals surface area (Å²) in [7, 11) is 0. The Balaban J connectivity index is 3.17. The molecule has 0 saturated carbocycles. The number of halogens is 1. The maximum atomic E-state index is 11.3. The molecule has 0 fully saturated rings. The highest BCUT2D eigenvalue weighted by Gasteiger charge is 2.09. The highest BCUT2D eigenvalue weighted by molar-refractivity contribution is 6.34. The van der Waals surface area contributed by atoms with E-state index in [1.54, 1.807) is 13.0 Å². The Morgan fingerprint density at radius 2 is 2.15 bits per heavy atom. The van der Waals surface area contributed by atoms with Crippen LogP contribution in [0.1, 0.15) is 36.2 Å². The Kier molecular flexibility index (Phi) is 3.49. The molecule has 0 aliphatic heterocycles. The van der Waals surface area contributed by atoms with Crippen molar-refractivity contribution in [2.45, 2.75) is 26.7 Å². The lowest BCUT2D eigenvalue weighted by Crippen LogP contribution is -2.00. The molecule has 0 aliphatic rings. The number of ketones is 1. The number of aryl methyl sites for hydroxylation is 1. The first-order valence-electron chi connectivity index (χ1n) is 4.45. The molecule has 0 heterocycles. The Bertz CT molecular complexity index is 318. The van der Waals surface area contributed by atoms with Crippen molar-refractivity contribution in [2.75, 3.05) is 0 Å². The topological polar surface area (TPSA) is 17.1 Å². The van der Waals surface area contributed by atoms with E-state index >= 15 is 0 Å². The summed E-state index contributed by atoms with van der Waals surface area (Å²) in [4.78, 5) is 11.3. The van der Waals surface area contributed by atoms with E-state index in [-0.39, 0.29) is 5.78 Å². The van der Waals surface area contributed by atoms with E-state index in [0.29, 0.717) is 10.6 Å². The first-order valence-corrected chi connectivity index (χ1v) is 4.83. The van der Waals surface area contributed by atoms with Crippen LogP contribution in [-0.2, 0) is 6.42 Å². The second-order valence-electron chi connectivity index (χ2n) is 3.08. The van der Waals surface area contributed by atoms with Crippen LogP contribution in [0.25, 0.3) is 0 Å². The summed E-state index contributed by atoms with van der Waals surface area (Å²) < 4.78 is 0. The van der Waals surface area contributed by atoms with Crippen molar-refractivity contribution < 1.29 is 4.79 Å². The van der Waals surface area contributed by atoms with Gasteiger partial charge in [0.15, 0.2) is 5.78 Å². The molecule has 13 heavy (non-hydrogen) atoms. The van der Waals surface area contributed by atoms with Crippen molar-refractivity contribution in [1.29, 1.82) is 0 Å². The maximum absolute atomic E-state index is 11.3. The van der Waals surface area contributed by atoms with Crippen LogP contribution in [0, 0.1) is 0 Å². The van der Waals surface area contributed by atoms with Gasteiger partial charge in [-0.3, -0.25) is 4.79 Å². The van der Waals surface area contributed by atoms with Crippen LogP contribution in [0.3, 0.4) is 0 Å². The summed E-state index contributed by atoms with van der Waals surface area (Å²) in [6.07, 6.45) is 1.94. The monoisotopic (exact) mass is 196 g/mol. The smallest absolute Gasteiger partial charge is 0.161 e. The average molecular weight is 197 g/mol. The number of carbonyl (C=O) groups excluding carboxylic acids is 1. The van der Waals surface area contributed by atoms with Crippen LogP contribution in [0.15, 0.2) is 18.2 Å². The number of Topliss-reactive ketones (excluding diaryl/α,β-unsaturated/α-hetero) is 1. The number of carbonyl (C=O) groups is 1. The van der Waals surface area contributed by atoms with E-state index in [1.807, 2.05) is 12.1 Å². The van der Waals surface area contributed by atoms with Gasteiger partial charge in [0.2, 0.25) is 0 Å². The molecule has 1 aromatic carbocycles. The zero-order valence-electron chi connectivity index (χ0n) is 7.93. The van der Waals surface area contributed by atoms with Crippen LogP contribution in [0.2, 0.25) is 5.02 Å². The maximum Gasteiger partial charge on any atom is 0.161 e. The van der Waals surface area contributed by atoms with Crippen LogP contribution < -0.4 is 0 Å². The van der Waals surface area contributed by atoms with E-state index in [1.165, 1.54) is 0 Å². The highest BCUT2D eigenvalue weighted by atomic mass is 35.5. The van der Waals surface area contributed by atoms with E-state index in [4.69, 9.17) is 11.6 Å². The fourth-order valence-corrected chi connectivity index (χ4v) is 1.77. The molecule has 0 saturated heterocycles. The third kappa shape index (κ3) is 2.31. The Hall–Kier alpha value is -0.820. The molecule has 1 nitrogen and oxygen atoms in total. The predicted octanol–water partition coefficient (Wildman–Crippen LogP) is 3.50. The van der Waals surface area contributed by atoms with E-state index < -0.39 is 0 Å². The molecular formula is C11H13ClO. The van der Waals surface area contributed by atoms with Gasteiger partial charge in [-0.1, -0.05) is 37.1 Å². The van der Waals surface area contributed by atoms with Gasteiger partial charge in [-0.05, 0) is 25.0 Å². The average Bonchev–Trinajstić information content (AvgIpc) is 2.04. The zero-order chi connectivity index (χ0) is 9.84. The molecule has 0 spiro atoms. The standard InChI is InChI=1S/C11H13ClO/c1-3-5-9-6-4-7-10(12)11(9)8(2)13/h4,6-7H,3,5H2,1-2H3. The van der Waals surface area contributed by atoms with E-state index in [9.17, 15) is 4.79 Å². The van der Waals surface area contributed by atoms with Gasteiger partial charge < -0.3 is 0 Å². The fraction of sp³-hybridized carbons (Fsp3) is 0.364. The number of rotatable bonds is 3. The molecule has 1 aromatic rings. The number of benzene rings is 1. The molecule has 70 valence electrons. The first kappa shape index (κ1) is 10.3. The van der Waals surface area contributed by atoms with Crippen molar-refractivity contribution >= 4 is 17.4 Å². The summed E-state index contributed by atoms with van der Waals surface area (Å²) >= 11 is 5.94. The first-order chi connectivity index (χ1) is 6.16. The van der Waals surface area contributed by atoms with Gasteiger partial charge in [-0.25, -0.2) is 0 Å². The molecule has 2 heteroatoms. The molecule has 0 atom stereocenters. The Morgan fingerprint density at radius 1 is 1.46 bits per heavy atom. The fourth-order valence-electron chi connectivity index (χ4n) is 1.44. The van der Waals surface area contributed by atoms with Crippen molar-refractivity contribution in [3.63, 3.8) is 0 Å². The van der Waals surface area contributed by atoms with Gasteiger partial charge in [0.1, 0.15) is 0 Å². The molecule has 0 aromatic heterocycles. The molecule has 0 N–H and O–H groups in total. The third-order valence-corrected chi connectivity index (χ3v) is 2.29. The summed E-state index contributed by atoms with van der Waals surface area (Å²) in [6.45, 7) is 3.64. The van der Waals surface area contributed by atoms with Gasteiger partial charge in [-0.15, -0.1) is 0 Å². The number of hydrogen-bond acceptors (Lipinski definition) is 1. The summed E-state index contributed by atoms with van der Waals surface area (Å²) in [5, 5.41) is 0.568. The van der Waals surface area contributed by atoms with Gasteiger partial charge in [0.25, 0.3) is 0 Å². The SMILES string of the molecule is CCCc1cccc(Cl)c1C(C)=O. The largest absolute Gasteiger partial charge is 0.294 e. The molecule has 1 rings (SSSR count). The van der Waals surface area contributed by atoms with Gasteiger partial charge in [-0.2, -0.15) is 0 Å². The third-order valence-electron chi connectivity index (χ3n) is 1.97. The Labute approximate surface area is 83.7 Å². The zero-order valence-corrected chi connectivity index (χ0v) is 8.69. The lowest BCUT2D eigenvalue weighted by Gasteiger charge is -2.06. The predicted molar refractivity (Wildman–Crippen MR) is 55.5 cm³/mol. The van der Waals surface area contributed by atoms with Gasteiger partial charge in [0.05, 0.1) is 5.02 Å². The quantitative estimate of drug-likeness (QED) is 0.677. The molecule has 0 aliphatic carbocycles. The molecule has 0 amide bonds. The normalized spacial score (nSPS) is 10.1. The molecular weight excluding hydrogens is 184 g/mol. The van der Waals surface area contributed by atoms with E-state index in [2.05, 4.69) is 6.92 Å². The molecule has 0 bridgehead atoms. The summed E-state index contributed by atoms with van der Waals surface area (Å²) in [5.41, 5.74) is 1.74. The lowest BCUT2D eigenvalue weighted by atomic mass is 10.0. The van der Waals surface area contributed by atoms with Crippen LogP contribution >= 0.6 is 11.6 Å². The molecule has 0 radical (unpaired) electrons. The minimum atomic E-state index is 0.0500. The van der Waals surface area contributed by atoms with Gasteiger partial charge >= 0.3 is 0 Å². The van der Waals surface area contributed by atoms with Crippen molar-refractivity contribution in [3.05, 3.63) is 34.3 Å². The minimum Gasteiger partial charge on any atom is -0.294 e. The summed E-state index contributed by atoms with van der Waals surface area (Å²) in [5.74, 6) is 0.0500. The summed E-state index contributed by atoms with van der Waals surface area (Å²) in [6, 6.07) is 5.61. The number of hydrogen-bond donors (Lipinski definition) is 0. The minimum absolute atomic E-state index is 0.0500.